The Morgan fingerprint density at radius 2 is 2.25 bits per heavy atom. The number of rotatable bonds is 0. The zero-order valence-corrected chi connectivity index (χ0v) is 7.18. The van der Waals surface area contributed by atoms with Crippen LogP contribution in [-0.2, 0) is 4.79 Å². The van der Waals surface area contributed by atoms with Gasteiger partial charge in [-0.3, -0.25) is 4.79 Å². The molecule has 0 aromatic carbocycles. The van der Waals surface area contributed by atoms with E-state index in [0.717, 1.165) is 38.6 Å². The third-order valence-electron chi connectivity index (χ3n) is 3.30. The van der Waals surface area contributed by atoms with Gasteiger partial charge < -0.3 is 10.4 Å². The number of amides is 1. The van der Waals surface area contributed by atoms with Crippen LogP contribution in [0.3, 0.4) is 0 Å². The molecule has 68 valence electrons. The third-order valence-corrected chi connectivity index (χ3v) is 3.30. The van der Waals surface area contributed by atoms with Crippen molar-refractivity contribution in [1.29, 1.82) is 0 Å². The summed E-state index contributed by atoms with van der Waals surface area (Å²) in [5.41, 5.74) is -0.405. The van der Waals surface area contributed by atoms with Gasteiger partial charge in [-0.15, -0.1) is 0 Å². The highest BCUT2D eigenvalue weighted by atomic mass is 16.3. The summed E-state index contributed by atoms with van der Waals surface area (Å²) in [6.45, 7) is 0.746. The van der Waals surface area contributed by atoms with Gasteiger partial charge in [0.2, 0.25) is 5.91 Å². The largest absolute Gasteiger partial charge is 0.392 e. The molecule has 2 rings (SSSR count). The monoisotopic (exact) mass is 169 g/mol. The Hall–Kier alpha value is -0.570. The summed E-state index contributed by atoms with van der Waals surface area (Å²) < 4.78 is 0. The smallest absolute Gasteiger partial charge is 0.228 e. The quantitative estimate of drug-likeness (QED) is 0.552. The van der Waals surface area contributed by atoms with E-state index in [9.17, 15) is 9.90 Å². The molecule has 2 N–H and O–H groups in total. The van der Waals surface area contributed by atoms with Crippen LogP contribution in [0.1, 0.15) is 32.1 Å². The van der Waals surface area contributed by atoms with E-state index in [0.29, 0.717) is 0 Å². The average Bonchev–Trinajstić information content (AvgIpc) is 2.41. The third kappa shape index (κ3) is 0.959. The van der Waals surface area contributed by atoms with Crippen molar-refractivity contribution in [1.82, 2.24) is 5.32 Å². The fourth-order valence-corrected chi connectivity index (χ4v) is 2.47. The van der Waals surface area contributed by atoms with Gasteiger partial charge in [-0.05, 0) is 19.3 Å². The lowest BCUT2D eigenvalue weighted by atomic mass is 9.71. The summed E-state index contributed by atoms with van der Waals surface area (Å²) in [4.78, 5) is 11.5. The second-order valence-electron chi connectivity index (χ2n) is 3.92. The molecular formula is C9H15NO2. The second kappa shape index (κ2) is 2.73. The molecule has 2 atom stereocenters. The van der Waals surface area contributed by atoms with E-state index in [1.54, 1.807) is 0 Å². The highest BCUT2D eigenvalue weighted by molar-refractivity contribution is 5.85. The Labute approximate surface area is 72.2 Å². The van der Waals surface area contributed by atoms with Crippen molar-refractivity contribution in [2.24, 2.45) is 5.41 Å². The van der Waals surface area contributed by atoms with Crippen LogP contribution in [-0.4, -0.2) is 23.7 Å². The number of aliphatic hydroxyl groups is 1. The van der Waals surface area contributed by atoms with Crippen LogP contribution in [0.2, 0.25) is 0 Å². The molecule has 1 aliphatic heterocycles. The van der Waals surface area contributed by atoms with Gasteiger partial charge in [-0.25, -0.2) is 0 Å². The molecule has 1 saturated carbocycles. The Morgan fingerprint density at radius 1 is 1.42 bits per heavy atom. The van der Waals surface area contributed by atoms with Gasteiger partial charge in [0.25, 0.3) is 0 Å². The molecule has 3 nitrogen and oxygen atoms in total. The Kier molecular flexibility index (Phi) is 1.83. The molecule has 0 aromatic rings. The Balaban J connectivity index is 2.21. The van der Waals surface area contributed by atoms with E-state index in [1.165, 1.54) is 0 Å². The number of carbonyl (C=O) groups excluding carboxylic acids is 1. The molecule has 2 aliphatic rings. The minimum absolute atomic E-state index is 0.0784. The minimum Gasteiger partial charge on any atom is -0.392 e. The summed E-state index contributed by atoms with van der Waals surface area (Å²) >= 11 is 0. The SMILES string of the molecule is O=C1NCCC12CCCCC2O. The van der Waals surface area contributed by atoms with Crippen molar-refractivity contribution in [2.45, 2.75) is 38.2 Å². The predicted octanol–water partition coefficient (Wildman–Crippen LogP) is 0.428. The molecule has 3 heteroatoms. The summed E-state index contributed by atoms with van der Waals surface area (Å²) in [7, 11) is 0. The second-order valence-corrected chi connectivity index (χ2v) is 3.92. The molecule has 0 radical (unpaired) electrons. The van der Waals surface area contributed by atoms with Crippen LogP contribution in [0.4, 0.5) is 0 Å². The van der Waals surface area contributed by atoms with Gasteiger partial charge in [-0.2, -0.15) is 0 Å². The lowest BCUT2D eigenvalue weighted by Gasteiger charge is -2.35. The van der Waals surface area contributed by atoms with Crippen molar-refractivity contribution < 1.29 is 9.90 Å². The molecule has 0 aromatic heterocycles. The van der Waals surface area contributed by atoms with Gasteiger partial charge in [0.05, 0.1) is 11.5 Å². The maximum absolute atomic E-state index is 11.5. The molecule has 1 amide bonds. The highest BCUT2D eigenvalue weighted by Crippen LogP contribution is 2.41. The molecule has 0 bridgehead atoms. The highest BCUT2D eigenvalue weighted by Gasteiger charge is 2.48. The Bertz CT molecular complexity index is 205. The van der Waals surface area contributed by atoms with Crippen LogP contribution in [0.5, 0.6) is 0 Å². The number of hydrogen-bond donors (Lipinski definition) is 2. The Morgan fingerprint density at radius 3 is 2.83 bits per heavy atom. The summed E-state index contributed by atoms with van der Waals surface area (Å²) in [5.74, 6) is 0.0784. The summed E-state index contributed by atoms with van der Waals surface area (Å²) in [6, 6.07) is 0. The van der Waals surface area contributed by atoms with Gasteiger partial charge in [-0.1, -0.05) is 12.8 Å². The van der Waals surface area contributed by atoms with Gasteiger partial charge in [0.1, 0.15) is 0 Å². The number of aliphatic hydroxyl groups excluding tert-OH is 1. The predicted molar refractivity (Wildman–Crippen MR) is 44.5 cm³/mol. The molecular weight excluding hydrogens is 154 g/mol. The fraction of sp³-hybridized carbons (Fsp3) is 0.889. The van der Waals surface area contributed by atoms with Gasteiger partial charge in [0.15, 0.2) is 0 Å². The standard InChI is InChI=1S/C9H15NO2/c11-7-3-1-2-4-9(7)5-6-10-8(9)12/h7,11H,1-6H2,(H,10,12). The van der Waals surface area contributed by atoms with Crippen LogP contribution in [0, 0.1) is 5.41 Å². The van der Waals surface area contributed by atoms with E-state index < -0.39 is 11.5 Å². The first-order valence-electron chi connectivity index (χ1n) is 4.72. The first-order valence-corrected chi connectivity index (χ1v) is 4.72. The van der Waals surface area contributed by atoms with Crippen LogP contribution in [0.15, 0.2) is 0 Å². The maximum Gasteiger partial charge on any atom is 0.228 e. The van der Waals surface area contributed by atoms with Crippen molar-refractivity contribution >= 4 is 5.91 Å². The molecule has 1 heterocycles. The number of carbonyl (C=O) groups is 1. The zero-order valence-electron chi connectivity index (χ0n) is 7.18. The zero-order chi connectivity index (χ0) is 8.60. The molecule has 1 saturated heterocycles. The van der Waals surface area contributed by atoms with Crippen molar-refractivity contribution in [3.63, 3.8) is 0 Å². The van der Waals surface area contributed by atoms with Gasteiger partial charge >= 0.3 is 0 Å². The maximum atomic E-state index is 11.5. The summed E-state index contributed by atoms with van der Waals surface area (Å²) in [5, 5.41) is 12.6. The lowest BCUT2D eigenvalue weighted by Crippen LogP contribution is -2.43. The van der Waals surface area contributed by atoms with Crippen LogP contribution in [0.25, 0.3) is 0 Å². The number of nitrogens with one attached hydrogen (secondary N) is 1. The molecule has 1 spiro atoms. The van der Waals surface area contributed by atoms with E-state index in [2.05, 4.69) is 5.32 Å². The summed E-state index contributed by atoms with van der Waals surface area (Å²) in [6.07, 6.45) is 4.26. The van der Waals surface area contributed by atoms with Crippen molar-refractivity contribution in [3.8, 4) is 0 Å². The lowest BCUT2D eigenvalue weighted by molar-refractivity contribution is -0.136. The van der Waals surface area contributed by atoms with E-state index >= 15 is 0 Å². The molecule has 2 unspecified atom stereocenters. The van der Waals surface area contributed by atoms with Crippen molar-refractivity contribution in [3.05, 3.63) is 0 Å². The first-order chi connectivity index (χ1) is 5.76. The normalized spacial score (nSPS) is 41.8. The first kappa shape index (κ1) is 8.05. The molecule has 2 fully saturated rings. The van der Waals surface area contributed by atoms with Crippen LogP contribution >= 0.6 is 0 Å². The molecule has 1 aliphatic carbocycles. The fourth-order valence-electron chi connectivity index (χ4n) is 2.47. The topological polar surface area (TPSA) is 49.3 Å². The molecule has 12 heavy (non-hydrogen) atoms. The van der Waals surface area contributed by atoms with E-state index in [-0.39, 0.29) is 5.91 Å². The van der Waals surface area contributed by atoms with E-state index in [1.807, 2.05) is 0 Å². The van der Waals surface area contributed by atoms with Gasteiger partial charge in [0, 0.05) is 6.54 Å². The van der Waals surface area contributed by atoms with Crippen LogP contribution < -0.4 is 5.32 Å². The van der Waals surface area contributed by atoms with E-state index in [4.69, 9.17) is 0 Å². The average molecular weight is 169 g/mol. The number of hydrogen-bond acceptors (Lipinski definition) is 2. The minimum atomic E-state index is -0.405. The van der Waals surface area contributed by atoms with Crippen molar-refractivity contribution in [2.75, 3.05) is 6.54 Å².